The number of aryl methyl sites for hydroxylation is 2. The number of carbonyl (C=O) groups excluding carboxylic acids is 2. The van der Waals surface area contributed by atoms with Gasteiger partial charge in [-0.1, -0.05) is 101 Å². The van der Waals surface area contributed by atoms with Gasteiger partial charge in [-0.05, 0) is 49.1 Å². The third-order valence-electron chi connectivity index (χ3n) is 6.00. The van der Waals surface area contributed by atoms with Crippen LogP contribution >= 0.6 is 15.9 Å². The van der Waals surface area contributed by atoms with Gasteiger partial charge in [0.15, 0.2) is 0 Å². The average molecular weight is 536 g/mol. The van der Waals surface area contributed by atoms with Crippen molar-refractivity contribution in [3.05, 3.63) is 105 Å². The van der Waals surface area contributed by atoms with Crippen LogP contribution in [-0.2, 0) is 29.0 Å². The van der Waals surface area contributed by atoms with Crippen LogP contribution in [0.2, 0.25) is 0 Å². The second kappa shape index (κ2) is 13.2. The normalized spacial score (nSPS) is 11.7. The van der Waals surface area contributed by atoms with Crippen molar-refractivity contribution in [2.24, 2.45) is 0 Å². The maximum Gasteiger partial charge on any atom is 0.243 e. The van der Waals surface area contributed by atoms with E-state index in [0.29, 0.717) is 19.5 Å². The van der Waals surface area contributed by atoms with Crippen LogP contribution in [0.4, 0.5) is 0 Å². The van der Waals surface area contributed by atoms with Gasteiger partial charge in [0.05, 0.1) is 6.42 Å². The molecule has 5 heteroatoms. The summed E-state index contributed by atoms with van der Waals surface area (Å²) in [5, 5.41) is 3.08. The maximum absolute atomic E-state index is 13.8. The Balaban J connectivity index is 1.95. The molecule has 0 unspecified atom stereocenters. The molecule has 0 bridgehead atoms. The number of carbonyl (C=O) groups is 2. The van der Waals surface area contributed by atoms with Crippen molar-refractivity contribution in [1.82, 2.24) is 10.2 Å². The molecule has 0 radical (unpaired) electrons. The smallest absolute Gasteiger partial charge is 0.243 e. The van der Waals surface area contributed by atoms with E-state index in [1.807, 2.05) is 68.4 Å². The number of nitrogens with one attached hydrogen (secondary N) is 1. The van der Waals surface area contributed by atoms with E-state index in [0.717, 1.165) is 45.1 Å². The van der Waals surface area contributed by atoms with E-state index < -0.39 is 6.04 Å². The molecule has 0 saturated heterocycles. The highest BCUT2D eigenvalue weighted by Gasteiger charge is 2.30. The number of nitrogens with zero attached hydrogens (tertiary/aromatic N) is 1. The lowest BCUT2D eigenvalue weighted by Crippen LogP contribution is -2.51. The van der Waals surface area contributed by atoms with Gasteiger partial charge in [-0.15, -0.1) is 0 Å². The highest BCUT2D eigenvalue weighted by atomic mass is 79.9. The Kier molecular flexibility index (Phi) is 10.1. The van der Waals surface area contributed by atoms with Crippen LogP contribution in [0.3, 0.4) is 0 Å². The molecule has 3 aromatic carbocycles. The molecule has 0 saturated carbocycles. The van der Waals surface area contributed by atoms with E-state index in [4.69, 9.17) is 0 Å². The second-order valence-electron chi connectivity index (χ2n) is 9.17. The fourth-order valence-electron chi connectivity index (χ4n) is 4.29. The summed E-state index contributed by atoms with van der Waals surface area (Å²) in [6.45, 7) is 7.16. The van der Waals surface area contributed by atoms with Crippen LogP contribution in [0.5, 0.6) is 0 Å². The summed E-state index contributed by atoms with van der Waals surface area (Å²) in [6.07, 6.45) is 2.63. The van der Waals surface area contributed by atoms with Crippen molar-refractivity contribution < 1.29 is 9.59 Å². The molecule has 35 heavy (non-hydrogen) atoms. The molecule has 0 fully saturated rings. The fraction of sp³-hybridized carbons (Fsp3) is 0.333. The first kappa shape index (κ1) is 26.7. The van der Waals surface area contributed by atoms with E-state index in [1.165, 1.54) is 0 Å². The lowest BCUT2D eigenvalue weighted by atomic mass is 10.00. The molecule has 0 spiro atoms. The van der Waals surface area contributed by atoms with Crippen molar-refractivity contribution in [2.75, 3.05) is 6.54 Å². The van der Waals surface area contributed by atoms with Gasteiger partial charge in [-0.25, -0.2) is 0 Å². The third-order valence-corrected chi connectivity index (χ3v) is 6.53. The van der Waals surface area contributed by atoms with E-state index in [1.54, 1.807) is 4.90 Å². The first-order valence-electron chi connectivity index (χ1n) is 12.3. The first-order chi connectivity index (χ1) is 16.9. The number of hydrogen-bond donors (Lipinski definition) is 1. The summed E-state index contributed by atoms with van der Waals surface area (Å²) >= 11 is 3.49. The van der Waals surface area contributed by atoms with Gasteiger partial charge < -0.3 is 10.2 Å². The van der Waals surface area contributed by atoms with Gasteiger partial charge >= 0.3 is 0 Å². The van der Waals surface area contributed by atoms with E-state index >= 15 is 0 Å². The average Bonchev–Trinajstić information content (AvgIpc) is 2.82. The Bertz CT molecular complexity index is 1090. The molecular formula is C30H35BrN2O2. The van der Waals surface area contributed by atoms with Gasteiger partial charge in [0.25, 0.3) is 0 Å². The summed E-state index contributed by atoms with van der Waals surface area (Å²) < 4.78 is 0.979. The zero-order chi connectivity index (χ0) is 25.2. The van der Waals surface area contributed by atoms with Gasteiger partial charge in [0.2, 0.25) is 11.8 Å². The third kappa shape index (κ3) is 8.36. The van der Waals surface area contributed by atoms with Crippen LogP contribution in [0, 0.1) is 13.8 Å². The van der Waals surface area contributed by atoms with Gasteiger partial charge in [0.1, 0.15) is 6.04 Å². The summed E-state index contributed by atoms with van der Waals surface area (Å²) in [7, 11) is 0. The number of benzene rings is 3. The molecule has 3 aromatic rings. The van der Waals surface area contributed by atoms with Crippen molar-refractivity contribution in [1.29, 1.82) is 0 Å². The van der Waals surface area contributed by atoms with Crippen LogP contribution in [-0.4, -0.2) is 29.3 Å². The van der Waals surface area contributed by atoms with Gasteiger partial charge in [-0.2, -0.15) is 0 Å². The number of rotatable bonds is 11. The standard InChI is InChI=1S/C30H35BrN2O2/c1-4-5-15-32-30(35)28(19-24-9-7-6-8-10-24)33(21-25-11-13-27(31)14-12-25)29(34)20-26-17-22(2)16-23(3)18-26/h6-14,16-18,28H,4-5,15,19-21H2,1-3H3,(H,32,35)/t28-/m0/s1. The Morgan fingerprint density at radius 3 is 2.17 bits per heavy atom. The van der Waals surface area contributed by atoms with Crippen molar-refractivity contribution in [3.63, 3.8) is 0 Å². The fourth-order valence-corrected chi connectivity index (χ4v) is 4.56. The molecule has 1 atom stereocenters. The van der Waals surface area contributed by atoms with Gasteiger partial charge in [-0.3, -0.25) is 9.59 Å². The minimum Gasteiger partial charge on any atom is -0.354 e. The predicted octanol–water partition coefficient (Wildman–Crippen LogP) is 6.16. The van der Waals surface area contributed by atoms with Crippen molar-refractivity contribution >= 4 is 27.7 Å². The summed E-state index contributed by atoms with van der Waals surface area (Å²) in [5.41, 5.74) is 5.25. The molecule has 0 aromatic heterocycles. The van der Waals surface area contributed by atoms with Crippen LogP contribution in [0.1, 0.15) is 47.6 Å². The van der Waals surface area contributed by atoms with E-state index in [2.05, 4.69) is 46.4 Å². The van der Waals surface area contributed by atoms with Crippen LogP contribution < -0.4 is 5.32 Å². The molecule has 184 valence electrons. The molecule has 0 aliphatic heterocycles. The predicted molar refractivity (Wildman–Crippen MR) is 146 cm³/mol. The monoisotopic (exact) mass is 534 g/mol. The van der Waals surface area contributed by atoms with Crippen molar-refractivity contribution in [3.8, 4) is 0 Å². The Morgan fingerprint density at radius 1 is 0.886 bits per heavy atom. The minimum absolute atomic E-state index is 0.0514. The van der Waals surface area contributed by atoms with Crippen LogP contribution in [0.25, 0.3) is 0 Å². The van der Waals surface area contributed by atoms with Crippen molar-refractivity contribution in [2.45, 2.75) is 59.0 Å². The first-order valence-corrected chi connectivity index (χ1v) is 13.1. The Labute approximate surface area is 217 Å². The molecule has 0 heterocycles. The topological polar surface area (TPSA) is 49.4 Å². The summed E-state index contributed by atoms with van der Waals surface area (Å²) in [5.74, 6) is -0.155. The second-order valence-corrected chi connectivity index (χ2v) is 10.1. The lowest BCUT2D eigenvalue weighted by Gasteiger charge is -2.32. The molecule has 4 nitrogen and oxygen atoms in total. The zero-order valence-electron chi connectivity index (χ0n) is 20.9. The highest BCUT2D eigenvalue weighted by molar-refractivity contribution is 9.10. The number of hydrogen-bond acceptors (Lipinski definition) is 2. The molecule has 2 amide bonds. The molecule has 1 N–H and O–H groups in total. The SMILES string of the molecule is CCCCNC(=O)[C@H](Cc1ccccc1)N(Cc1ccc(Br)cc1)C(=O)Cc1cc(C)cc(C)c1. The van der Waals surface area contributed by atoms with Gasteiger partial charge in [0, 0.05) is 24.0 Å². The quantitative estimate of drug-likeness (QED) is 0.299. The highest BCUT2D eigenvalue weighted by Crippen LogP contribution is 2.19. The summed E-state index contributed by atoms with van der Waals surface area (Å²) in [6, 6.07) is 23.5. The van der Waals surface area contributed by atoms with E-state index in [9.17, 15) is 9.59 Å². The molecule has 0 aliphatic carbocycles. The summed E-state index contributed by atoms with van der Waals surface area (Å²) in [4.78, 5) is 29.0. The Hall–Kier alpha value is -2.92. The number of unbranched alkanes of at least 4 members (excludes halogenated alkanes) is 1. The largest absolute Gasteiger partial charge is 0.354 e. The Morgan fingerprint density at radius 2 is 1.54 bits per heavy atom. The minimum atomic E-state index is -0.601. The number of halogens is 1. The lowest BCUT2D eigenvalue weighted by molar-refractivity contribution is -0.140. The maximum atomic E-state index is 13.8. The molecular weight excluding hydrogens is 500 g/mol. The van der Waals surface area contributed by atoms with Crippen LogP contribution in [0.15, 0.2) is 77.3 Å². The molecule has 3 rings (SSSR count). The number of amides is 2. The molecule has 0 aliphatic rings. The van der Waals surface area contributed by atoms with E-state index in [-0.39, 0.29) is 18.2 Å². The zero-order valence-corrected chi connectivity index (χ0v) is 22.5.